The van der Waals surface area contributed by atoms with Gasteiger partial charge in [0, 0.05) is 0 Å². The molecule has 0 bridgehead atoms. The lowest BCUT2D eigenvalue weighted by atomic mass is 10.3. The maximum Gasteiger partial charge on any atom is 0.287 e. The number of nitrogen functional groups attached to an aromatic ring is 1. The molecule has 0 radical (unpaired) electrons. The number of rotatable bonds is 8. The zero-order chi connectivity index (χ0) is 24.8. The van der Waals surface area contributed by atoms with E-state index in [-0.39, 0.29) is 0 Å². The Kier molecular flexibility index (Phi) is 7.17. The molecule has 0 fully saturated rings. The Morgan fingerprint density at radius 3 is 1.50 bits per heavy atom. The van der Waals surface area contributed by atoms with Gasteiger partial charge in [-0.2, -0.15) is 0 Å². The molecule has 0 aliphatic rings. The Balaban J connectivity index is 1.82. The molecule has 0 aliphatic heterocycles. The molecule has 4 aromatic carbocycles. The van der Waals surface area contributed by atoms with Crippen LogP contribution < -0.4 is 34.9 Å². The number of hydrogen-bond donors (Lipinski definition) is 1. The van der Waals surface area contributed by atoms with Gasteiger partial charge in [-0.15, -0.1) is 0 Å². The Morgan fingerprint density at radius 1 is 0.694 bits per heavy atom. The highest BCUT2D eigenvalue weighted by molar-refractivity contribution is 7.99. The van der Waals surface area contributed by atoms with Crippen LogP contribution in [0.5, 0.6) is 11.5 Å². The lowest BCUT2D eigenvalue weighted by Gasteiger charge is -2.32. The number of thiazole rings is 1. The number of para-hydroxylation sites is 2. The van der Waals surface area contributed by atoms with Crippen LogP contribution in [0.25, 0.3) is 0 Å². The van der Waals surface area contributed by atoms with E-state index >= 15 is 0 Å². The van der Waals surface area contributed by atoms with Gasteiger partial charge in [0.25, 0.3) is 7.74 Å². The largest absolute Gasteiger partial charge is 0.751 e. The zero-order valence-electron chi connectivity index (χ0n) is 19.1. The molecular formula is C27H23N3O3P2S. The average molecular weight is 532 g/mol. The standard InChI is InChI=1S/C27H23N3O3P2S/c28-27-29-21-26(36-27)34(24-17-9-3-10-18-24,25-19-11-4-12-20-25)30-35(31,32-22-13-5-1-6-14-22)33-23-15-7-2-8-16-23/h1-21H,(H2-,28,29,31). The molecular weight excluding hydrogens is 508 g/mol. The highest BCUT2D eigenvalue weighted by Gasteiger charge is 2.50. The van der Waals surface area contributed by atoms with Crippen LogP contribution >= 0.6 is 26.5 Å². The van der Waals surface area contributed by atoms with E-state index in [0.717, 1.165) is 15.2 Å². The summed E-state index contributed by atoms with van der Waals surface area (Å²) in [4.78, 5) is 19.0. The van der Waals surface area contributed by atoms with Gasteiger partial charge in [-0.1, -0.05) is 88.6 Å². The van der Waals surface area contributed by atoms with Crippen molar-refractivity contribution in [1.29, 1.82) is 0 Å². The third-order valence-corrected chi connectivity index (χ3v) is 12.6. The van der Waals surface area contributed by atoms with Crippen molar-refractivity contribution in [2.75, 3.05) is 5.73 Å². The summed E-state index contributed by atoms with van der Waals surface area (Å²) in [6.07, 6.45) is 1.71. The quantitative estimate of drug-likeness (QED) is 0.271. The maximum absolute atomic E-state index is 14.7. The van der Waals surface area contributed by atoms with Gasteiger partial charge in [-0.05, 0) is 48.5 Å². The summed E-state index contributed by atoms with van der Waals surface area (Å²) in [5.41, 5.74) is 6.09. The zero-order valence-corrected chi connectivity index (χ0v) is 21.7. The molecule has 9 heteroatoms. The summed E-state index contributed by atoms with van der Waals surface area (Å²) < 4.78 is 18.0. The molecule has 0 spiro atoms. The first-order valence-electron chi connectivity index (χ1n) is 11.1. The third kappa shape index (κ3) is 5.20. The molecule has 1 heterocycles. The molecule has 0 saturated carbocycles. The van der Waals surface area contributed by atoms with Crippen LogP contribution in [0.2, 0.25) is 0 Å². The van der Waals surface area contributed by atoms with Crippen LogP contribution in [0, 0.1) is 0 Å². The van der Waals surface area contributed by atoms with Gasteiger partial charge in [0.2, 0.25) is 12.0 Å². The predicted molar refractivity (Wildman–Crippen MR) is 149 cm³/mol. The van der Waals surface area contributed by atoms with Gasteiger partial charge in [0.1, 0.15) is 22.1 Å². The Morgan fingerprint density at radius 2 is 1.11 bits per heavy atom. The number of nitrogens with two attached hydrogens (primary N) is 1. The van der Waals surface area contributed by atoms with Gasteiger partial charge in [0.05, 0.1) is 6.20 Å². The van der Waals surface area contributed by atoms with Crippen molar-refractivity contribution in [3.8, 4) is 11.5 Å². The van der Waals surface area contributed by atoms with Gasteiger partial charge in [-0.25, -0.2) is 4.98 Å². The highest BCUT2D eigenvalue weighted by Crippen LogP contribution is 2.65. The van der Waals surface area contributed by atoms with Gasteiger partial charge in [0.15, 0.2) is 5.13 Å². The molecule has 2 N–H and O–H groups in total. The van der Waals surface area contributed by atoms with Crippen molar-refractivity contribution in [1.82, 2.24) is 4.98 Å². The third-order valence-electron chi connectivity index (χ3n) is 5.26. The van der Waals surface area contributed by atoms with Crippen molar-refractivity contribution >= 4 is 46.8 Å². The minimum Gasteiger partial charge on any atom is -0.751 e. The molecule has 180 valence electrons. The lowest BCUT2D eigenvalue weighted by Crippen LogP contribution is -2.29. The smallest absolute Gasteiger partial charge is 0.287 e. The lowest BCUT2D eigenvalue weighted by molar-refractivity contribution is -0.195. The van der Waals surface area contributed by atoms with Crippen molar-refractivity contribution in [3.63, 3.8) is 0 Å². The summed E-state index contributed by atoms with van der Waals surface area (Å²) in [6.45, 7) is 0. The van der Waals surface area contributed by atoms with Crippen molar-refractivity contribution in [3.05, 3.63) is 128 Å². The summed E-state index contributed by atoms with van der Waals surface area (Å²) in [6, 6.07) is 37.4. The van der Waals surface area contributed by atoms with Gasteiger partial charge >= 0.3 is 0 Å². The van der Waals surface area contributed by atoms with Crippen LogP contribution in [-0.4, -0.2) is 4.98 Å². The second-order valence-corrected chi connectivity index (χ2v) is 13.9. The molecule has 6 nitrogen and oxygen atoms in total. The van der Waals surface area contributed by atoms with E-state index in [2.05, 4.69) is 4.98 Å². The van der Waals surface area contributed by atoms with E-state index in [4.69, 9.17) is 19.3 Å². The summed E-state index contributed by atoms with van der Waals surface area (Å²) in [5, 5.41) is 2.17. The minimum absolute atomic E-state index is 0.392. The maximum atomic E-state index is 14.7. The van der Waals surface area contributed by atoms with E-state index in [1.165, 1.54) is 11.3 Å². The fourth-order valence-corrected chi connectivity index (χ4v) is 11.7. The second kappa shape index (κ2) is 10.7. The first-order valence-corrected chi connectivity index (χ1v) is 15.2. The summed E-state index contributed by atoms with van der Waals surface area (Å²) in [5.74, 6) is 0.784. The fourth-order valence-electron chi connectivity index (χ4n) is 3.72. The highest BCUT2D eigenvalue weighted by atomic mass is 32.1. The number of aromatic nitrogens is 1. The summed E-state index contributed by atoms with van der Waals surface area (Å²) >= 11 is 1.33. The van der Waals surface area contributed by atoms with Crippen LogP contribution in [0.4, 0.5) is 5.13 Å². The molecule has 5 aromatic rings. The number of hydrogen-bond acceptors (Lipinski definition) is 7. The Labute approximate surface area is 214 Å². The number of benzene rings is 4. The minimum atomic E-state index is -4.16. The molecule has 1 aromatic heterocycles. The fraction of sp³-hybridized carbons (Fsp3) is 0. The predicted octanol–water partition coefficient (Wildman–Crippen LogP) is 5.40. The van der Waals surface area contributed by atoms with E-state index in [0.29, 0.717) is 16.6 Å². The van der Waals surface area contributed by atoms with Crippen LogP contribution in [-0.2, 0) is 0 Å². The van der Waals surface area contributed by atoms with Crippen molar-refractivity contribution in [2.45, 2.75) is 0 Å². The molecule has 36 heavy (non-hydrogen) atoms. The summed E-state index contributed by atoms with van der Waals surface area (Å²) in [7, 11) is -7.10. The van der Waals surface area contributed by atoms with E-state index in [9.17, 15) is 4.89 Å². The van der Waals surface area contributed by atoms with Crippen LogP contribution in [0.15, 0.2) is 132 Å². The Bertz CT molecular complexity index is 1380. The Hall–Kier alpha value is -3.47. The van der Waals surface area contributed by atoms with Gasteiger partial charge in [-0.3, -0.25) is 0 Å². The van der Waals surface area contributed by atoms with Gasteiger partial charge < -0.3 is 19.7 Å². The molecule has 5 rings (SSSR count). The number of nitrogens with zero attached hydrogens (tertiary/aromatic N) is 2. The molecule has 0 saturated heterocycles. The van der Waals surface area contributed by atoms with Crippen molar-refractivity contribution in [2.24, 2.45) is 4.52 Å². The van der Waals surface area contributed by atoms with E-state index in [1.54, 1.807) is 30.5 Å². The molecule has 0 unspecified atom stereocenters. The monoisotopic (exact) mass is 531 g/mol. The van der Waals surface area contributed by atoms with Crippen LogP contribution in [0.3, 0.4) is 0 Å². The molecule has 0 aliphatic carbocycles. The first-order chi connectivity index (χ1) is 17.6. The molecule has 0 atom stereocenters. The van der Waals surface area contributed by atoms with E-state index in [1.807, 2.05) is 97.1 Å². The topological polar surface area (TPSA) is 92.8 Å². The molecule has 0 amide bonds. The van der Waals surface area contributed by atoms with E-state index < -0.39 is 15.1 Å². The van der Waals surface area contributed by atoms with Crippen LogP contribution in [0.1, 0.15) is 0 Å². The SMILES string of the molecule is Nc1ncc([P+](N=P([O-])(Oc2ccccc2)Oc2ccccc2)(c2ccccc2)c2ccccc2)s1. The average Bonchev–Trinajstić information content (AvgIpc) is 3.36. The number of anilines is 1. The van der Waals surface area contributed by atoms with Crippen molar-refractivity contribution < 1.29 is 13.9 Å². The first kappa shape index (κ1) is 24.2. The normalized spacial score (nSPS) is 11.6. The second-order valence-electron chi connectivity index (χ2n) is 7.71.